The molecule has 0 saturated heterocycles. The van der Waals surface area contributed by atoms with Gasteiger partial charge in [-0.05, 0) is 49.4 Å². The first kappa shape index (κ1) is 19.5. The third kappa shape index (κ3) is 5.15. The third-order valence-electron chi connectivity index (χ3n) is 4.49. The highest BCUT2D eigenvalue weighted by atomic mass is 16.1. The summed E-state index contributed by atoms with van der Waals surface area (Å²) in [5.41, 5.74) is 3.93. The first-order valence-electron chi connectivity index (χ1n) is 9.25. The number of ketones is 1. The van der Waals surface area contributed by atoms with Crippen LogP contribution in [0.25, 0.3) is 0 Å². The van der Waals surface area contributed by atoms with Crippen LogP contribution in [0.1, 0.15) is 38.8 Å². The molecule has 28 heavy (non-hydrogen) atoms. The summed E-state index contributed by atoms with van der Waals surface area (Å²) < 4.78 is 0. The molecule has 3 aromatic rings. The van der Waals surface area contributed by atoms with E-state index >= 15 is 0 Å². The van der Waals surface area contributed by atoms with E-state index in [4.69, 9.17) is 0 Å². The van der Waals surface area contributed by atoms with E-state index in [1.165, 1.54) is 12.5 Å². The van der Waals surface area contributed by atoms with Crippen molar-refractivity contribution in [1.82, 2.24) is 4.90 Å². The molecule has 0 radical (unpaired) electrons. The number of hydrogen-bond acceptors (Lipinski definition) is 3. The zero-order valence-corrected chi connectivity index (χ0v) is 16.2. The number of carbonyl (C=O) groups is 2. The van der Waals surface area contributed by atoms with Crippen molar-refractivity contribution in [3.63, 3.8) is 0 Å². The summed E-state index contributed by atoms with van der Waals surface area (Å²) in [5, 5.41) is 2.86. The van der Waals surface area contributed by atoms with Crippen molar-refractivity contribution in [3.8, 4) is 0 Å². The smallest absolute Gasteiger partial charge is 0.255 e. The number of anilines is 1. The van der Waals surface area contributed by atoms with Gasteiger partial charge in [0.05, 0.1) is 5.69 Å². The fourth-order valence-electron chi connectivity index (χ4n) is 3.17. The van der Waals surface area contributed by atoms with Gasteiger partial charge in [0.15, 0.2) is 5.78 Å². The summed E-state index contributed by atoms with van der Waals surface area (Å²) in [6.45, 7) is 3.07. The lowest BCUT2D eigenvalue weighted by Crippen LogP contribution is -2.18. The molecule has 0 unspecified atom stereocenters. The van der Waals surface area contributed by atoms with E-state index in [1.54, 1.807) is 30.3 Å². The van der Waals surface area contributed by atoms with Crippen LogP contribution in [-0.4, -0.2) is 23.6 Å². The molecular weight excluding hydrogens is 348 g/mol. The summed E-state index contributed by atoms with van der Waals surface area (Å²) in [7, 11) is 2.06. The average molecular weight is 372 g/mol. The molecule has 0 atom stereocenters. The van der Waals surface area contributed by atoms with E-state index in [0.717, 1.165) is 18.7 Å². The number of Topliss-reactive ketones (excluding diaryl/α,β-unsaturated/α-hetero) is 1. The predicted octanol–water partition coefficient (Wildman–Crippen LogP) is 4.77. The molecule has 0 aliphatic rings. The van der Waals surface area contributed by atoms with E-state index in [2.05, 4.69) is 29.4 Å². The maximum Gasteiger partial charge on any atom is 0.255 e. The van der Waals surface area contributed by atoms with E-state index in [-0.39, 0.29) is 11.7 Å². The minimum Gasteiger partial charge on any atom is -0.321 e. The molecule has 0 heterocycles. The Morgan fingerprint density at radius 1 is 0.821 bits per heavy atom. The second kappa shape index (κ2) is 9.11. The van der Waals surface area contributed by atoms with Crippen LogP contribution in [0.5, 0.6) is 0 Å². The lowest BCUT2D eigenvalue weighted by atomic mass is 10.1. The molecule has 3 aromatic carbocycles. The fraction of sp³-hybridized carbons (Fsp3) is 0.167. The Kier molecular flexibility index (Phi) is 6.35. The number of hydrogen-bond donors (Lipinski definition) is 1. The molecule has 4 nitrogen and oxygen atoms in total. The van der Waals surface area contributed by atoms with E-state index in [9.17, 15) is 9.59 Å². The molecule has 4 heteroatoms. The monoisotopic (exact) mass is 372 g/mol. The van der Waals surface area contributed by atoms with E-state index in [1.807, 2.05) is 36.4 Å². The summed E-state index contributed by atoms with van der Waals surface area (Å²) in [4.78, 5) is 26.6. The highest BCUT2D eigenvalue weighted by Crippen LogP contribution is 2.17. The number of para-hydroxylation sites is 1. The van der Waals surface area contributed by atoms with Gasteiger partial charge in [-0.1, -0.05) is 54.6 Å². The van der Waals surface area contributed by atoms with Crippen molar-refractivity contribution in [2.75, 3.05) is 12.4 Å². The van der Waals surface area contributed by atoms with Crippen molar-refractivity contribution in [2.45, 2.75) is 20.0 Å². The van der Waals surface area contributed by atoms with Crippen LogP contribution in [0.15, 0.2) is 78.9 Å². The molecule has 3 rings (SSSR count). The first-order valence-corrected chi connectivity index (χ1v) is 9.25. The Labute approximate surface area is 165 Å². The predicted molar refractivity (Wildman–Crippen MR) is 112 cm³/mol. The minimum atomic E-state index is -0.221. The maximum absolute atomic E-state index is 12.7. The van der Waals surface area contributed by atoms with Gasteiger partial charge in [-0.3, -0.25) is 14.5 Å². The topological polar surface area (TPSA) is 49.4 Å². The van der Waals surface area contributed by atoms with E-state index in [0.29, 0.717) is 16.8 Å². The van der Waals surface area contributed by atoms with Crippen molar-refractivity contribution < 1.29 is 9.59 Å². The minimum absolute atomic E-state index is 0.0767. The highest BCUT2D eigenvalue weighted by molar-refractivity contribution is 6.09. The second-order valence-corrected chi connectivity index (χ2v) is 6.91. The molecule has 1 amide bonds. The van der Waals surface area contributed by atoms with Crippen molar-refractivity contribution in [2.24, 2.45) is 0 Å². The summed E-state index contributed by atoms with van der Waals surface area (Å²) in [6, 6.07) is 24.9. The number of nitrogens with zero attached hydrogens (tertiary/aromatic N) is 1. The van der Waals surface area contributed by atoms with Gasteiger partial charge in [0.25, 0.3) is 5.91 Å². The number of nitrogens with one attached hydrogen (secondary N) is 1. The van der Waals surface area contributed by atoms with Crippen LogP contribution < -0.4 is 5.32 Å². The van der Waals surface area contributed by atoms with Gasteiger partial charge in [-0.2, -0.15) is 0 Å². The average Bonchev–Trinajstić information content (AvgIpc) is 2.69. The van der Waals surface area contributed by atoms with Crippen molar-refractivity contribution >= 4 is 17.4 Å². The largest absolute Gasteiger partial charge is 0.321 e. The molecule has 0 bridgehead atoms. The molecular formula is C24H24N2O2. The Morgan fingerprint density at radius 3 is 2.21 bits per heavy atom. The van der Waals surface area contributed by atoms with Crippen LogP contribution in [0.2, 0.25) is 0 Å². The highest BCUT2D eigenvalue weighted by Gasteiger charge is 2.12. The van der Waals surface area contributed by atoms with Crippen LogP contribution in [-0.2, 0) is 13.1 Å². The number of benzene rings is 3. The zero-order chi connectivity index (χ0) is 19.9. The zero-order valence-electron chi connectivity index (χ0n) is 16.2. The maximum atomic E-state index is 12.7. The molecule has 0 saturated carbocycles. The second-order valence-electron chi connectivity index (χ2n) is 6.91. The first-order chi connectivity index (χ1) is 13.5. The third-order valence-corrected chi connectivity index (χ3v) is 4.49. The summed E-state index contributed by atoms with van der Waals surface area (Å²) in [6.07, 6.45) is 0. The molecule has 142 valence electrons. The van der Waals surface area contributed by atoms with Gasteiger partial charge in [0, 0.05) is 24.2 Å². The number of rotatable bonds is 7. The SMILES string of the molecule is CC(=O)c1ccccc1NC(=O)c1cccc(CN(C)Cc2ccccc2)c1. The van der Waals surface area contributed by atoms with Gasteiger partial charge in [-0.25, -0.2) is 0 Å². The molecule has 0 aliphatic heterocycles. The lowest BCUT2D eigenvalue weighted by molar-refractivity contribution is 0.101. The Hall–Kier alpha value is -3.24. The standard InChI is InChI=1S/C24H24N2O2/c1-18(27)22-13-6-7-14-23(22)25-24(28)21-12-8-11-20(15-21)17-26(2)16-19-9-4-3-5-10-19/h3-15H,16-17H2,1-2H3,(H,25,28). The summed E-state index contributed by atoms with van der Waals surface area (Å²) in [5.74, 6) is -0.298. The van der Waals surface area contributed by atoms with Gasteiger partial charge < -0.3 is 5.32 Å². The van der Waals surface area contributed by atoms with Gasteiger partial charge in [0.2, 0.25) is 0 Å². The quantitative estimate of drug-likeness (QED) is 0.608. The molecule has 0 aliphatic carbocycles. The van der Waals surface area contributed by atoms with Gasteiger partial charge in [-0.15, -0.1) is 0 Å². The molecule has 1 N–H and O–H groups in total. The van der Waals surface area contributed by atoms with E-state index < -0.39 is 0 Å². The Balaban J connectivity index is 1.69. The van der Waals surface area contributed by atoms with Crippen molar-refractivity contribution in [1.29, 1.82) is 0 Å². The van der Waals surface area contributed by atoms with Crippen LogP contribution >= 0.6 is 0 Å². The fourth-order valence-corrected chi connectivity index (χ4v) is 3.17. The lowest BCUT2D eigenvalue weighted by Gasteiger charge is -2.17. The normalized spacial score (nSPS) is 10.7. The Morgan fingerprint density at radius 2 is 1.46 bits per heavy atom. The Bertz CT molecular complexity index is 967. The van der Waals surface area contributed by atoms with Crippen LogP contribution in [0.3, 0.4) is 0 Å². The number of amides is 1. The van der Waals surface area contributed by atoms with Gasteiger partial charge in [0.1, 0.15) is 0 Å². The number of carbonyl (C=O) groups excluding carboxylic acids is 2. The molecule has 0 spiro atoms. The summed E-state index contributed by atoms with van der Waals surface area (Å²) >= 11 is 0. The van der Waals surface area contributed by atoms with Crippen LogP contribution in [0.4, 0.5) is 5.69 Å². The van der Waals surface area contributed by atoms with Gasteiger partial charge >= 0.3 is 0 Å². The molecule has 0 fully saturated rings. The molecule has 0 aromatic heterocycles. The van der Waals surface area contributed by atoms with Crippen molar-refractivity contribution in [3.05, 3.63) is 101 Å². The van der Waals surface area contributed by atoms with Crippen LogP contribution in [0, 0.1) is 0 Å².